The minimum atomic E-state index is -0.0624. The minimum Gasteiger partial charge on any atom is -0.467 e. The number of hydrogen-bond donors (Lipinski definition) is 1. The van der Waals surface area contributed by atoms with Crippen LogP contribution in [0.4, 0.5) is 5.69 Å². The Kier molecular flexibility index (Phi) is 6.83. The summed E-state index contributed by atoms with van der Waals surface area (Å²) in [5.74, 6) is 0.881. The molecule has 1 fully saturated rings. The number of rotatable bonds is 8. The lowest BCUT2D eigenvalue weighted by atomic mass is 9.96. The van der Waals surface area contributed by atoms with E-state index in [9.17, 15) is 0 Å². The maximum Gasteiger partial charge on any atom is 0.170 e. The Hall–Kier alpha value is -3.58. The molecule has 3 aromatic heterocycles. The molecule has 2 atom stereocenters. The average molecular weight is 500 g/mol. The van der Waals surface area contributed by atoms with Gasteiger partial charge in [-0.15, -0.1) is 0 Å². The monoisotopic (exact) mass is 499 g/mol. The second kappa shape index (κ2) is 10.2. The Labute approximate surface area is 218 Å². The largest absolute Gasteiger partial charge is 0.467 e. The van der Waals surface area contributed by atoms with Gasteiger partial charge in [0.1, 0.15) is 5.76 Å². The first kappa shape index (κ1) is 24.1. The number of pyridine rings is 1. The normalized spacial score (nSPS) is 17.4. The topological polar surface area (TPSA) is 49.5 Å². The first-order valence-electron chi connectivity index (χ1n) is 12.6. The maximum absolute atomic E-state index is 5.84. The smallest absolute Gasteiger partial charge is 0.170 e. The third kappa shape index (κ3) is 4.39. The molecule has 0 saturated carbocycles. The van der Waals surface area contributed by atoms with Crippen molar-refractivity contribution in [1.29, 1.82) is 0 Å². The maximum atomic E-state index is 5.84. The van der Waals surface area contributed by atoms with E-state index in [1.54, 1.807) is 6.26 Å². The predicted molar refractivity (Wildman–Crippen MR) is 149 cm³/mol. The molecule has 1 aliphatic rings. The zero-order chi connectivity index (χ0) is 25.2. The summed E-state index contributed by atoms with van der Waals surface area (Å²) in [4.78, 5) is 9.26. The number of aromatic nitrogens is 2. The number of aryl methyl sites for hydroxylation is 1. The fraction of sp³-hybridized carbons (Fsp3) is 0.310. The molecule has 0 amide bonds. The average Bonchev–Trinajstić information content (AvgIpc) is 3.60. The summed E-state index contributed by atoms with van der Waals surface area (Å²) in [6, 6.07) is 21.0. The first-order valence-corrected chi connectivity index (χ1v) is 13.0. The van der Waals surface area contributed by atoms with Gasteiger partial charge in [-0.25, -0.2) is 0 Å². The van der Waals surface area contributed by atoms with Crippen molar-refractivity contribution in [1.82, 2.24) is 19.8 Å². The van der Waals surface area contributed by atoms with Crippen molar-refractivity contribution < 1.29 is 4.42 Å². The van der Waals surface area contributed by atoms with Gasteiger partial charge in [-0.2, -0.15) is 0 Å². The number of furan rings is 1. The first-order chi connectivity index (χ1) is 17.5. The van der Waals surface area contributed by atoms with Gasteiger partial charge >= 0.3 is 0 Å². The Morgan fingerprint density at radius 3 is 2.44 bits per heavy atom. The summed E-state index contributed by atoms with van der Waals surface area (Å²) in [5.41, 5.74) is 7.00. The van der Waals surface area contributed by atoms with Crippen LogP contribution < -0.4 is 10.2 Å². The Balaban J connectivity index is 1.56. The number of nitrogens with one attached hydrogen (secondary N) is 1. The molecule has 6 nitrogen and oxygen atoms in total. The van der Waals surface area contributed by atoms with Crippen LogP contribution in [0.3, 0.4) is 0 Å². The highest BCUT2D eigenvalue weighted by atomic mass is 32.1. The van der Waals surface area contributed by atoms with E-state index >= 15 is 0 Å². The molecule has 186 valence electrons. The number of thiocarbonyl (C=S) groups is 1. The zero-order valence-corrected chi connectivity index (χ0v) is 22.1. The summed E-state index contributed by atoms with van der Waals surface area (Å²) >= 11 is 5.84. The fourth-order valence-corrected chi connectivity index (χ4v) is 5.68. The summed E-state index contributed by atoms with van der Waals surface area (Å²) in [6.07, 6.45) is 3.55. The van der Waals surface area contributed by atoms with Gasteiger partial charge in [0.05, 0.1) is 30.6 Å². The van der Waals surface area contributed by atoms with Crippen LogP contribution in [-0.4, -0.2) is 32.7 Å². The molecular weight excluding hydrogens is 466 g/mol. The van der Waals surface area contributed by atoms with Gasteiger partial charge < -0.3 is 24.1 Å². The van der Waals surface area contributed by atoms with Crippen LogP contribution in [-0.2, 0) is 6.54 Å². The number of benzene rings is 1. The number of hydrogen-bond acceptors (Lipinski definition) is 4. The van der Waals surface area contributed by atoms with Crippen LogP contribution >= 0.6 is 12.2 Å². The molecule has 0 bridgehead atoms. The summed E-state index contributed by atoms with van der Waals surface area (Å²) < 4.78 is 8.03. The van der Waals surface area contributed by atoms with Crippen molar-refractivity contribution in [3.63, 3.8) is 0 Å². The molecule has 1 saturated heterocycles. The highest BCUT2D eigenvalue weighted by Crippen LogP contribution is 2.42. The van der Waals surface area contributed by atoms with E-state index in [4.69, 9.17) is 16.6 Å². The Bertz CT molecular complexity index is 1310. The van der Waals surface area contributed by atoms with Crippen molar-refractivity contribution in [3.05, 3.63) is 102 Å². The molecule has 7 heteroatoms. The summed E-state index contributed by atoms with van der Waals surface area (Å²) in [7, 11) is 0. The lowest BCUT2D eigenvalue weighted by Gasteiger charge is -2.27. The molecular formula is C29H33N5OS. The zero-order valence-electron chi connectivity index (χ0n) is 21.3. The van der Waals surface area contributed by atoms with Crippen LogP contribution in [0.2, 0.25) is 0 Å². The molecule has 1 N–H and O–H groups in total. The Morgan fingerprint density at radius 1 is 1.03 bits per heavy atom. The second-order valence-corrected chi connectivity index (χ2v) is 9.57. The van der Waals surface area contributed by atoms with Crippen molar-refractivity contribution in [2.45, 2.75) is 46.3 Å². The van der Waals surface area contributed by atoms with E-state index in [1.165, 1.54) is 22.6 Å². The van der Waals surface area contributed by atoms with Crippen LogP contribution in [0.25, 0.3) is 5.69 Å². The molecule has 36 heavy (non-hydrogen) atoms. The van der Waals surface area contributed by atoms with Gasteiger partial charge in [-0.3, -0.25) is 4.98 Å². The summed E-state index contributed by atoms with van der Waals surface area (Å²) in [6.45, 7) is 11.3. The van der Waals surface area contributed by atoms with Crippen LogP contribution in [0.5, 0.6) is 0 Å². The molecule has 0 unspecified atom stereocenters. The second-order valence-electron chi connectivity index (χ2n) is 9.18. The minimum absolute atomic E-state index is 0.0209. The van der Waals surface area contributed by atoms with E-state index in [0.29, 0.717) is 11.7 Å². The van der Waals surface area contributed by atoms with Crippen LogP contribution in [0.15, 0.2) is 77.5 Å². The van der Waals surface area contributed by atoms with Gasteiger partial charge in [0.2, 0.25) is 0 Å². The molecule has 5 rings (SSSR count). The Morgan fingerprint density at radius 2 is 1.81 bits per heavy atom. The van der Waals surface area contributed by atoms with E-state index in [2.05, 4.69) is 88.8 Å². The van der Waals surface area contributed by atoms with E-state index in [1.807, 2.05) is 30.5 Å². The van der Waals surface area contributed by atoms with Gasteiger partial charge in [0.25, 0.3) is 0 Å². The van der Waals surface area contributed by atoms with Crippen LogP contribution in [0, 0.1) is 13.8 Å². The van der Waals surface area contributed by atoms with Crippen molar-refractivity contribution >= 4 is 23.0 Å². The fourth-order valence-electron chi connectivity index (χ4n) is 5.37. The molecule has 1 aliphatic heterocycles. The van der Waals surface area contributed by atoms with Gasteiger partial charge in [0, 0.05) is 42.0 Å². The molecule has 1 aromatic carbocycles. The van der Waals surface area contributed by atoms with E-state index < -0.39 is 0 Å². The van der Waals surface area contributed by atoms with E-state index in [-0.39, 0.29) is 12.1 Å². The predicted octanol–water partition coefficient (Wildman–Crippen LogP) is 6.10. The van der Waals surface area contributed by atoms with Gasteiger partial charge in [-0.1, -0.05) is 6.07 Å². The molecule has 4 aromatic rings. The molecule has 0 aliphatic carbocycles. The van der Waals surface area contributed by atoms with Crippen molar-refractivity contribution in [3.8, 4) is 5.69 Å². The van der Waals surface area contributed by atoms with Crippen LogP contribution in [0.1, 0.15) is 54.3 Å². The van der Waals surface area contributed by atoms with E-state index in [0.717, 1.165) is 30.2 Å². The summed E-state index contributed by atoms with van der Waals surface area (Å²) in [5, 5.41) is 4.26. The quantitative estimate of drug-likeness (QED) is 0.296. The van der Waals surface area contributed by atoms with Gasteiger partial charge in [0.15, 0.2) is 5.11 Å². The lowest BCUT2D eigenvalue weighted by Crippen LogP contribution is -2.29. The third-order valence-electron chi connectivity index (χ3n) is 7.13. The lowest BCUT2D eigenvalue weighted by molar-refractivity contribution is 0.286. The molecule has 0 radical (unpaired) electrons. The third-order valence-corrected chi connectivity index (χ3v) is 7.48. The number of anilines is 1. The standard InChI is InChI=1S/C29H33N5OS/c1-5-32(6-2)22-12-14-23(15-13-22)34-20(3)18-25(21(34)4)28-27(26-11-7-8-16-30-26)31-29(36)33(28)19-24-10-9-17-35-24/h7-18,27-28H,5-6,19H2,1-4H3,(H,31,36)/t27-,28-/m1/s1. The van der Waals surface area contributed by atoms with Crippen molar-refractivity contribution in [2.24, 2.45) is 0 Å². The molecule has 0 spiro atoms. The molecule has 4 heterocycles. The van der Waals surface area contributed by atoms with Crippen molar-refractivity contribution in [2.75, 3.05) is 18.0 Å². The highest BCUT2D eigenvalue weighted by molar-refractivity contribution is 7.80. The van der Waals surface area contributed by atoms with Gasteiger partial charge in [-0.05, 0) is 100 Å². The highest BCUT2D eigenvalue weighted by Gasteiger charge is 2.41. The number of nitrogens with zero attached hydrogens (tertiary/aromatic N) is 4. The SMILES string of the molecule is CCN(CC)c1ccc(-n2c(C)cc([C@@H]3[C@@H](c4ccccn4)NC(=S)N3Cc3ccco3)c2C)cc1.